The van der Waals surface area contributed by atoms with E-state index in [1.54, 1.807) is 36.7 Å². The van der Waals surface area contributed by atoms with Crippen LogP contribution in [0.1, 0.15) is 11.1 Å². The molecule has 1 amide bonds. The van der Waals surface area contributed by atoms with Crippen molar-refractivity contribution >= 4 is 15.9 Å². The van der Waals surface area contributed by atoms with Crippen LogP contribution in [0.5, 0.6) is 11.5 Å². The minimum absolute atomic E-state index is 0.0653. The molecular weight excluding hydrogens is 358 g/mol. The zero-order chi connectivity index (χ0) is 18.6. The predicted octanol–water partition coefficient (Wildman–Crippen LogP) is 0.888. The molecule has 1 N–H and O–H groups in total. The summed E-state index contributed by atoms with van der Waals surface area (Å²) in [6, 6.07) is 8.78. The van der Waals surface area contributed by atoms with Crippen molar-refractivity contribution in [2.45, 2.75) is 13.1 Å². The number of sulfonamides is 1. The number of carbonyl (C=O) groups excluding carboxylic acids is 1. The Hall–Kier alpha value is -2.65. The molecule has 1 aromatic heterocycles. The highest BCUT2D eigenvalue weighted by atomic mass is 32.2. The van der Waals surface area contributed by atoms with Crippen LogP contribution >= 0.6 is 0 Å². The van der Waals surface area contributed by atoms with E-state index in [1.165, 1.54) is 0 Å². The molecule has 0 saturated carbocycles. The van der Waals surface area contributed by atoms with E-state index in [2.05, 4.69) is 10.3 Å². The summed E-state index contributed by atoms with van der Waals surface area (Å²) in [5.74, 6) is 0.797. The van der Waals surface area contributed by atoms with Gasteiger partial charge in [0, 0.05) is 25.5 Å². The van der Waals surface area contributed by atoms with Crippen LogP contribution in [0.4, 0.5) is 0 Å². The highest BCUT2D eigenvalue weighted by molar-refractivity contribution is 7.88. The number of benzene rings is 1. The summed E-state index contributed by atoms with van der Waals surface area (Å²) in [5.41, 5.74) is 1.54. The Bertz CT molecular complexity index is 887. The maximum Gasteiger partial charge on any atom is 0.235 e. The van der Waals surface area contributed by atoms with E-state index in [4.69, 9.17) is 9.47 Å². The monoisotopic (exact) mass is 377 g/mol. The first-order valence-electron chi connectivity index (χ1n) is 7.91. The third-order valence-electron chi connectivity index (χ3n) is 3.80. The molecule has 1 aromatic carbocycles. The SMILES string of the molecule is CS(=O)(=O)N(CC(=O)NCc1cccnc1)Cc1ccc2c(c1)OCO2. The lowest BCUT2D eigenvalue weighted by Gasteiger charge is -2.19. The van der Waals surface area contributed by atoms with Crippen molar-refractivity contribution in [2.24, 2.45) is 0 Å². The van der Waals surface area contributed by atoms with Gasteiger partial charge in [0.2, 0.25) is 22.7 Å². The third-order valence-corrected chi connectivity index (χ3v) is 4.99. The maximum absolute atomic E-state index is 12.2. The number of amides is 1. The quantitative estimate of drug-likeness (QED) is 0.770. The molecule has 1 aliphatic heterocycles. The predicted molar refractivity (Wildman–Crippen MR) is 93.9 cm³/mol. The van der Waals surface area contributed by atoms with Gasteiger partial charge in [-0.1, -0.05) is 12.1 Å². The van der Waals surface area contributed by atoms with Crippen molar-refractivity contribution in [3.05, 3.63) is 53.9 Å². The van der Waals surface area contributed by atoms with Crippen LogP contribution in [0.25, 0.3) is 0 Å². The molecular formula is C17H19N3O5S. The smallest absolute Gasteiger partial charge is 0.235 e. The highest BCUT2D eigenvalue weighted by Gasteiger charge is 2.22. The molecule has 138 valence electrons. The molecule has 0 spiro atoms. The number of rotatable bonds is 7. The van der Waals surface area contributed by atoms with Gasteiger partial charge in [-0.15, -0.1) is 0 Å². The fourth-order valence-corrected chi connectivity index (χ4v) is 3.19. The summed E-state index contributed by atoms with van der Waals surface area (Å²) in [4.78, 5) is 16.1. The fourth-order valence-electron chi connectivity index (χ4n) is 2.45. The number of hydrogen-bond donors (Lipinski definition) is 1. The number of nitrogens with one attached hydrogen (secondary N) is 1. The summed E-state index contributed by atoms with van der Waals surface area (Å²) in [6.45, 7) is 0.225. The fraction of sp³-hybridized carbons (Fsp3) is 0.294. The van der Waals surface area contributed by atoms with Crippen LogP contribution < -0.4 is 14.8 Å². The summed E-state index contributed by atoms with van der Waals surface area (Å²) < 4.78 is 35.8. The van der Waals surface area contributed by atoms with Crippen LogP contribution in [-0.2, 0) is 27.9 Å². The van der Waals surface area contributed by atoms with Crippen LogP contribution in [0.15, 0.2) is 42.7 Å². The highest BCUT2D eigenvalue weighted by Crippen LogP contribution is 2.32. The molecule has 0 aliphatic carbocycles. The number of pyridine rings is 1. The molecule has 0 unspecified atom stereocenters. The van der Waals surface area contributed by atoms with Crippen LogP contribution in [0, 0.1) is 0 Å². The number of nitrogens with zero attached hydrogens (tertiary/aromatic N) is 2. The van der Waals surface area contributed by atoms with Crippen LogP contribution in [0.2, 0.25) is 0 Å². The molecule has 0 bridgehead atoms. The first-order valence-corrected chi connectivity index (χ1v) is 9.76. The minimum atomic E-state index is -3.57. The lowest BCUT2D eigenvalue weighted by molar-refractivity contribution is -0.121. The van der Waals surface area contributed by atoms with Gasteiger partial charge in [-0.2, -0.15) is 4.31 Å². The molecule has 9 heteroatoms. The van der Waals surface area contributed by atoms with Gasteiger partial charge in [-0.05, 0) is 29.3 Å². The molecule has 0 atom stereocenters. The molecule has 2 aromatic rings. The first kappa shape index (κ1) is 18.2. The second kappa shape index (κ2) is 7.71. The van der Waals surface area contributed by atoms with Gasteiger partial charge in [0.25, 0.3) is 0 Å². The maximum atomic E-state index is 12.2. The Labute approximate surface area is 151 Å². The van der Waals surface area contributed by atoms with E-state index in [9.17, 15) is 13.2 Å². The van der Waals surface area contributed by atoms with Crippen molar-refractivity contribution in [3.63, 3.8) is 0 Å². The van der Waals surface area contributed by atoms with E-state index >= 15 is 0 Å². The molecule has 8 nitrogen and oxygen atoms in total. The van der Waals surface area contributed by atoms with Gasteiger partial charge in [0.15, 0.2) is 11.5 Å². The Kier molecular flexibility index (Phi) is 5.38. The molecule has 0 fully saturated rings. The Morgan fingerprint density at radius 2 is 2.04 bits per heavy atom. The standard InChI is InChI=1S/C17H19N3O5S/c1-26(22,23)20(10-13-4-5-15-16(7-13)25-12-24-15)11-17(21)19-9-14-3-2-6-18-8-14/h2-8H,9-12H2,1H3,(H,19,21). The molecule has 0 radical (unpaired) electrons. The third kappa shape index (κ3) is 4.70. The van der Waals surface area contributed by atoms with E-state index in [0.29, 0.717) is 17.1 Å². The zero-order valence-electron chi connectivity index (χ0n) is 14.2. The minimum Gasteiger partial charge on any atom is -0.454 e. The Balaban J connectivity index is 1.64. The van der Waals surface area contributed by atoms with E-state index in [1.807, 2.05) is 6.07 Å². The molecule has 26 heavy (non-hydrogen) atoms. The summed E-state index contributed by atoms with van der Waals surface area (Å²) in [6.07, 6.45) is 4.36. The Morgan fingerprint density at radius 1 is 1.23 bits per heavy atom. The van der Waals surface area contributed by atoms with Gasteiger partial charge in [-0.25, -0.2) is 8.42 Å². The number of ether oxygens (including phenoxy) is 2. The van der Waals surface area contributed by atoms with E-state index < -0.39 is 10.0 Å². The molecule has 1 aliphatic rings. The number of aromatic nitrogens is 1. The lowest BCUT2D eigenvalue weighted by Crippen LogP contribution is -2.39. The first-order chi connectivity index (χ1) is 12.4. The average Bonchev–Trinajstić information content (AvgIpc) is 3.07. The van der Waals surface area contributed by atoms with Gasteiger partial charge >= 0.3 is 0 Å². The second-order valence-electron chi connectivity index (χ2n) is 5.86. The largest absolute Gasteiger partial charge is 0.454 e. The van der Waals surface area contributed by atoms with Gasteiger partial charge in [0.1, 0.15) is 0 Å². The molecule has 0 saturated heterocycles. The van der Waals surface area contributed by atoms with Crippen molar-refractivity contribution in [3.8, 4) is 11.5 Å². The Morgan fingerprint density at radius 3 is 2.77 bits per heavy atom. The molecule has 3 rings (SSSR count). The van der Waals surface area contributed by atoms with Crippen LogP contribution in [-0.4, -0.2) is 43.2 Å². The normalized spacial score (nSPS) is 13.0. The van der Waals surface area contributed by atoms with Crippen molar-refractivity contribution in [2.75, 3.05) is 19.6 Å². The van der Waals surface area contributed by atoms with Crippen molar-refractivity contribution in [1.82, 2.24) is 14.6 Å². The summed E-state index contributed by atoms with van der Waals surface area (Å²) in [5, 5.41) is 2.70. The van der Waals surface area contributed by atoms with Crippen molar-refractivity contribution < 1.29 is 22.7 Å². The average molecular weight is 377 g/mol. The second-order valence-corrected chi connectivity index (χ2v) is 7.84. The topological polar surface area (TPSA) is 97.8 Å². The molecule has 2 heterocycles. The number of carbonyl (C=O) groups is 1. The summed E-state index contributed by atoms with van der Waals surface area (Å²) >= 11 is 0. The van der Waals surface area contributed by atoms with Gasteiger partial charge < -0.3 is 14.8 Å². The lowest BCUT2D eigenvalue weighted by atomic mass is 10.2. The van der Waals surface area contributed by atoms with E-state index in [-0.39, 0.29) is 32.3 Å². The van der Waals surface area contributed by atoms with Crippen molar-refractivity contribution in [1.29, 1.82) is 0 Å². The number of hydrogen-bond acceptors (Lipinski definition) is 6. The van der Waals surface area contributed by atoms with Gasteiger partial charge in [-0.3, -0.25) is 9.78 Å². The van der Waals surface area contributed by atoms with Crippen LogP contribution in [0.3, 0.4) is 0 Å². The van der Waals surface area contributed by atoms with E-state index in [0.717, 1.165) is 16.1 Å². The van der Waals surface area contributed by atoms with Gasteiger partial charge in [0.05, 0.1) is 12.8 Å². The zero-order valence-corrected chi connectivity index (χ0v) is 15.0. The number of fused-ring (bicyclic) bond motifs is 1. The summed E-state index contributed by atoms with van der Waals surface area (Å²) in [7, 11) is -3.57.